The number of nitrogens with one attached hydrogen (secondary N) is 1. The van der Waals surface area contributed by atoms with Crippen molar-refractivity contribution in [3.63, 3.8) is 0 Å². The van der Waals surface area contributed by atoms with Gasteiger partial charge < -0.3 is 19.9 Å². The van der Waals surface area contributed by atoms with Crippen molar-refractivity contribution in [1.29, 1.82) is 0 Å². The Morgan fingerprint density at radius 1 is 1.05 bits per heavy atom. The van der Waals surface area contributed by atoms with Gasteiger partial charge in [-0.05, 0) is 54.9 Å². The van der Waals surface area contributed by atoms with Gasteiger partial charge in [-0.1, -0.05) is 0 Å². The predicted octanol–water partition coefficient (Wildman–Crippen LogP) is 2.81. The number of hydrogen-bond donors (Lipinski definition) is 2. The number of rotatable bonds is 7. The standard InChI is InChI=1S/C15H29NO5/c1-13(2,3)21-12(19)16-10-15(6,7)20-9-8-14(4,5)11(17)18/h8-10H2,1-7H3,(H,16,19)(H,17,18). The summed E-state index contributed by atoms with van der Waals surface area (Å²) in [5.41, 5.74) is -1.96. The van der Waals surface area contributed by atoms with Gasteiger partial charge in [-0.15, -0.1) is 0 Å². The number of carboxylic acid groups (broad SMARTS) is 1. The van der Waals surface area contributed by atoms with Crippen molar-refractivity contribution >= 4 is 12.1 Å². The monoisotopic (exact) mass is 303 g/mol. The Balaban J connectivity index is 4.16. The molecule has 0 aliphatic rings. The van der Waals surface area contributed by atoms with Crippen LogP contribution in [0.5, 0.6) is 0 Å². The van der Waals surface area contributed by atoms with E-state index in [1.165, 1.54) is 0 Å². The topological polar surface area (TPSA) is 84.9 Å². The quantitative estimate of drug-likeness (QED) is 0.755. The minimum atomic E-state index is -0.851. The van der Waals surface area contributed by atoms with E-state index >= 15 is 0 Å². The molecule has 124 valence electrons. The van der Waals surface area contributed by atoms with Crippen LogP contribution in [0.15, 0.2) is 0 Å². The molecule has 6 heteroatoms. The molecule has 0 aliphatic carbocycles. The lowest BCUT2D eigenvalue weighted by Crippen LogP contribution is -2.43. The van der Waals surface area contributed by atoms with Crippen LogP contribution in [0.25, 0.3) is 0 Å². The first kappa shape index (κ1) is 19.7. The van der Waals surface area contributed by atoms with E-state index < -0.39 is 28.7 Å². The van der Waals surface area contributed by atoms with E-state index in [1.54, 1.807) is 34.6 Å². The number of ether oxygens (including phenoxy) is 2. The van der Waals surface area contributed by atoms with Crippen molar-refractivity contribution in [3.05, 3.63) is 0 Å². The smallest absolute Gasteiger partial charge is 0.407 e. The van der Waals surface area contributed by atoms with Crippen LogP contribution in [0.1, 0.15) is 54.9 Å². The van der Waals surface area contributed by atoms with Gasteiger partial charge in [-0.3, -0.25) is 4.79 Å². The molecule has 0 atom stereocenters. The van der Waals surface area contributed by atoms with Crippen molar-refractivity contribution in [3.8, 4) is 0 Å². The number of hydrogen-bond acceptors (Lipinski definition) is 4. The summed E-state index contributed by atoms with van der Waals surface area (Å²) in [6.45, 7) is 13.0. The van der Waals surface area contributed by atoms with Gasteiger partial charge >= 0.3 is 12.1 Å². The first-order valence-corrected chi connectivity index (χ1v) is 7.09. The zero-order chi connectivity index (χ0) is 16.9. The minimum absolute atomic E-state index is 0.287. The molecule has 0 heterocycles. The lowest BCUT2D eigenvalue weighted by atomic mass is 9.90. The molecule has 0 spiro atoms. The highest BCUT2D eigenvalue weighted by Gasteiger charge is 2.28. The second kappa shape index (κ2) is 7.11. The molecule has 0 aliphatic heterocycles. The number of aliphatic carboxylic acids is 1. The highest BCUT2D eigenvalue weighted by Crippen LogP contribution is 2.21. The summed E-state index contributed by atoms with van der Waals surface area (Å²) < 4.78 is 10.8. The lowest BCUT2D eigenvalue weighted by Gasteiger charge is -2.28. The summed E-state index contributed by atoms with van der Waals surface area (Å²) in [6, 6.07) is 0. The van der Waals surface area contributed by atoms with Gasteiger partial charge in [0.1, 0.15) is 5.60 Å². The predicted molar refractivity (Wildman–Crippen MR) is 80.3 cm³/mol. The average molecular weight is 303 g/mol. The molecule has 21 heavy (non-hydrogen) atoms. The van der Waals surface area contributed by atoms with Gasteiger partial charge in [0.15, 0.2) is 0 Å². The van der Waals surface area contributed by atoms with E-state index in [9.17, 15) is 9.59 Å². The number of carboxylic acids is 1. The molecule has 0 aromatic rings. The fraction of sp³-hybridized carbons (Fsp3) is 0.867. The summed E-state index contributed by atoms with van der Waals surface area (Å²) in [7, 11) is 0. The molecule has 0 saturated carbocycles. The van der Waals surface area contributed by atoms with Gasteiger partial charge in [0.25, 0.3) is 0 Å². The zero-order valence-corrected chi connectivity index (χ0v) is 14.2. The first-order chi connectivity index (χ1) is 9.25. The summed E-state index contributed by atoms with van der Waals surface area (Å²) in [5.74, 6) is -0.851. The third-order valence-corrected chi connectivity index (χ3v) is 2.86. The molecular formula is C15H29NO5. The third-order valence-electron chi connectivity index (χ3n) is 2.86. The van der Waals surface area contributed by atoms with Gasteiger partial charge in [0.2, 0.25) is 0 Å². The van der Waals surface area contributed by atoms with Crippen LogP contribution in [0.2, 0.25) is 0 Å². The molecule has 0 unspecified atom stereocenters. The molecule has 0 fully saturated rings. The highest BCUT2D eigenvalue weighted by atomic mass is 16.6. The van der Waals surface area contributed by atoms with Crippen molar-refractivity contribution in [2.45, 2.75) is 66.1 Å². The number of carbonyl (C=O) groups excluding carboxylic acids is 1. The van der Waals surface area contributed by atoms with Crippen molar-refractivity contribution in [1.82, 2.24) is 5.32 Å². The van der Waals surface area contributed by atoms with Crippen molar-refractivity contribution in [2.24, 2.45) is 5.41 Å². The van der Waals surface area contributed by atoms with Crippen LogP contribution in [0.4, 0.5) is 4.79 Å². The summed E-state index contributed by atoms with van der Waals surface area (Å²) >= 11 is 0. The molecule has 0 bridgehead atoms. The molecule has 6 nitrogen and oxygen atoms in total. The minimum Gasteiger partial charge on any atom is -0.481 e. The Morgan fingerprint density at radius 3 is 2.00 bits per heavy atom. The Morgan fingerprint density at radius 2 is 1.57 bits per heavy atom. The number of carbonyl (C=O) groups is 2. The molecule has 0 saturated heterocycles. The normalized spacial score (nSPS) is 12.9. The van der Waals surface area contributed by atoms with E-state index in [0.29, 0.717) is 13.0 Å². The molecule has 2 N–H and O–H groups in total. The van der Waals surface area contributed by atoms with Crippen LogP contribution in [-0.2, 0) is 14.3 Å². The first-order valence-electron chi connectivity index (χ1n) is 7.09. The maximum atomic E-state index is 11.6. The third kappa shape index (κ3) is 9.28. The van der Waals surface area contributed by atoms with E-state index in [2.05, 4.69) is 5.32 Å². The maximum Gasteiger partial charge on any atom is 0.407 e. The Kier molecular flexibility index (Phi) is 6.67. The Hall–Kier alpha value is -1.30. The molecule has 0 radical (unpaired) electrons. The Bertz CT molecular complexity index is 369. The molecule has 1 amide bonds. The van der Waals surface area contributed by atoms with Crippen LogP contribution < -0.4 is 5.32 Å². The summed E-state index contributed by atoms with van der Waals surface area (Å²) in [6.07, 6.45) is -0.0943. The molecular weight excluding hydrogens is 274 g/mol. The van der Waals surface area contributed by atoms with Gasteiger partial charge in [-0.2, -0.15) is 0 Å². The van der Waals surface area contributed by atoms with Gasteiger partial charge in [-0.25, -0.2) is 4.79 Å². The van der Waals surface area contributed by atoms with Gasteiger partial charge in [0, 0.05) is 13.2 Å². The van der Waals surface area contributed by atoms with Crippen LogP contribution in [-0.4, -0.2) is 41.5 Å². The highest BCUT2D eigenvalue weighted by molar-refractivity contribution is 5.73. The van der Waals surface area contributed by atoms with E-state index in [4.69, 9.17) is 14.6 Å². The molecule has 0 aromatic heterocycles. The maximum absolute atomic E-state index is 11.6. The van der Waals surface area contributed by atoms with Crippen LogP contribution in [0.3, 0.4) is 0 Å². The second-order valence-corrected chi connectivity index (χ2v) is 7.40. The fourth-order valence-electron chi connectivity index (χ4n) is 1.34. The van der Waals surface area contributed by atoms with E-state index in [1.807, 2.05) is 13.8 Å². The fourth-order valence-corrected chi connectivity index (χ4v) is 1.34. The summed E-state index contributed by atoms with van der Waals surface area (Å²) in [4.78, 5) is 22.6. The SMILES string of the molecule is CC(C)(C)OC(=O)NCC(C)(C)OCCC(C)(C)C(=O)O. The number of amides is 1. The average Bonchev–Trinajstić information content (AvgIpc) is 2.23. The van der Waals surface area contributed by atoms with Crippen molar-refractivity contribution < 1.29 is 24.2 Å². The number of alkyl carbamates (subject to hydrolysis) is 1. The van der Waals surface area contributed by atoms with E-state index in [0.717, 1.165) is 0 Å². The van der Waals surface area contributed by atoms with Crippen LogP contribution in [0, 0.1) is 5.41 Å². The van der Waals surface area contributed by atoms with E-state index in [-0.39, 0.29) is 6.54 Å². The second-order valence-electron chi connectivity index (χ2n) is 7.40. The Labute approximate surface area is 127 Å². The largest absolute Gasteiger partial charge is 0.481 e. The van der Waals surface area contributed by atoms with Crippen molar-refractivity contribution in [2.75, 3.05) is 13.2 Å². The van der Waals surface area contributed by atoms with Gasteiger partial charge in [0.05, 0.1) is 11.0 Å². The lowest BCUT2D eigenvalue weighted by molar-refractivity contribution is -0.148. The van der Waals surface area contributed by atoms with Crippen LogP contribution >= 0.6 is 0 Å². The zero-order valence-electron chi connectivity index (χ0n) is 14.2. The molecule has 0 aromatic carbocycles. The summed E-state index contributed by atoms with van der Waals surface area (Å²) in [5, 5.41) is 11.7. The molecule has 0 rings (SSSR count).